The van der Waals surface area contributed by atoms with Gasteiger partial charge in [0.15, 0.2) is 0 Å². The highest BCUT2D eigenvalue weighted by molar-refractivity contribution is 6.32. The van der Waals surface area contributed by atoms with Crippen LogP contribution in [-0.4, -0.2) is 35.5 Å². The van der Waals surface area contributed by atoms with Crippen LogP contribution in [0.4, 0.5) is 21.8 Å². The van der Waals surface area contributed by atoms with Crippen LogP contribution in [0.15, 0.2) is 48.7 Å². The van der Waals surface area contributed by atoms with E-state index in [1.54, 1.807) is 30.5 Å². The Morgan fingerprint density at radius 1 is 1.20 bits per heavy atom. The third-order valence-electron chi connectivity index (χ3n) is 6.81. The van der Waals surface area contributed by atoms with Gasteiger partial charge in [0.1, 0.15) is 24.0 Å². The van der Waals surface area contributed by atoms with Crippen molar-refractivity contribution in [3.8, 4) is 5.75 Å². The summed E-state index contributed by atoms with van der Waals surface area (Å²) in [6, 6.07) is 11.6. The number of nitrogens with one attached hydrogen (secondary N) is 2. The molecule has 3 aromatic rings. The number of halogens is 2. The molecule has 182 valence electrons. The maximum Gasteiger partial charge on any atom is 0.229 e. The van der Waals surface area contributed by atoms with Crippen molar-refractivity contribution in [2.75, 3.05) is 29.9 Å². The van der Waals surface area contributed by atoms with E-state index in [0.717, 1.165) is 61.5 Å². The summed E-state index contributed by atoms with van der Waals surface area (Å²) in [7, 11) is 0. The van der Waals surface area contributed by atoms with E-state index in [-0.39, 0.29) is 23.7 Å². The normalized spacial score (nSPS) is 16.9. The summed E-state index contributed by atoms with van der Waals surface area (Å²) >= 11 is 6.42. The van der Waals surface area contributed by atoms with Gasteiger partial charge in [0.2, 0.25) is 11.9 Å². The summed E-state index contributed by atoms with van der Waals surface area (Å²) in [5.74, 6) is 1.73. The number of ether oxygens (including phenoxy) is 1. The van der Waals surface area contributed by atoms with Crippen LogP contribution >= 0.6 is 11.6 Å². The Balaban J connectivity index is 1.24. The number of rotatable bonds is 6. The second kappa shape index (κ2) is 9.70. The fraction of sp³-hybridized carbons (Fsp3) is 0.346. The smallest absolute Gasteiger partial charge is 0.229 e. The summed E-state index contributed by atoms with van der Waals surface area (Å²) < 4.78 is 19.1. The Labute approximate surface area is 208 Å². The average Bonchev–Trinajstić information content (AvgIpc) is 3.20. The number of hydrogen-bond acceptors (Lipinski definition) is 6. The van der Waals surface area contributed by atoms with Crippen molar-refractivity contribution in [2.45, 2.75) is 32.8 Å². The first-order valence-corrected chi connectivity index (χ1v) is 12.1. The molecule has 0 radical (unpaired) electrons. The van der Waals surface area contributed by atoms with Crippen molar-refractivity contribution >= 4 is 35.0 Å². The van der Waals surface area contributed by atoms with Gasteiger partial charge in [-0.05, 0) is 62.1 Å². The van der Waals surface area contributed by atoms with Crippen molar-refractivity contribution in [1.82, 2.24) is 15.3 Å². The van der Waals surface area contributed by atoms with E-state index >= 15 is 0 Å². The molecule has 9 heteroatoms. The average molecular weight is 496 g/mol. The van der Waals surface area contributed by atoms with Gasteiger partial charge < -0.3 is 20.3 Å². The second-order valence-electron chi connectivity index (χ2n) is 9.16. The highest BCUT2D eigenvalue weighted by Gasteiger charge is 2.44. The highest BCUT2D eigenvalue weighted by Crippen LogP contribution is 2.39. The number of amides is 1. The Bertz CT molecular complexity index is 1250. The van der Waals surface area contributed by atoms with E-state index < -0.39 is 0 Å². The number of aryl methyl sites for hydroxylation is 1. The Hall–Kier alpha value is -3.39. The molecule has 35 heavy (non-hydrogen) atoms. The molecule has 1 spiro atoms. The van der Waals surface area contributed by atoms with Gasteiger partial charge in [-0.2, -0.15) is 4.98 Å². The number of benzene rings is 2. The number of nitrogens with zero attached hydrogens (tertiary/aromatic N) is 3. The molecule has 2 aliphatic heterocycles. The number of piperidine rings is 1. The van der Waals surface area contributed by atoms with E-state index in [4.69, 9.17) is 21.3 Å². The number of aromatic nitrogens is 2. The monoisotopic (exact) mass is 495 g/mol. The van der Waals surface area contributed by atoms with Gasteiger partial charge in [-0.15, -0.1) is 0 Å². The zero-order valence-corrected chi connectivity index (χ0v) is 20.2. The molecule has 0 saturated carbocycles. The molecule has 0 atom stereocenters. The zero-order valence-electron chi connectivity index (χ0n) is 19.5. The maximum atomic E-state index is 13.4. The number of carbonyl (C=O) groups is 1. The lowest BCUT2D eigenvalue weighted by Gasteiger charge is -2.38. The third-order valence-corrected chi connectivity index (χ3v) is 7.10. The molecule has 0 unspecified atom stereocenters. The SMILES string of the molecule is Cc1cnc(Nc2ccc(OCc3cccc(F)c3)c(Cl)c2)nc1N1CCC2(CCNC2=O)CC1. The predicted molar refractivity (Wildman–Crippen MR) is 134 cm³/mol. The van der Waals surface area contributed by atoms with E-state index in [1.807, 2.05) is 13.0 Å². The Morgan fingerprint density at radius 2 is 2.03 bits per heavy atom. The van der Waals surface area contributed by atoms with Crippen LogP contribution < -0.4 is 20.3 Å². The molecule has 2 saturated heterocycles. The van der Waals surface area contributed by atoms with E-state index in [9.17, 15) is 9.18 Å². The summed E-state index contributed by atoms with van der Waals surface area (Å²) in [6.07, 6.45) is 4.38. The van der Waals surface area contributed by atoms with E-state index in [1.165, 1.54) is 12.1 Å². The molecule has 2 N–H and O–H groups in total. The number of carbonyl (C=O) groups excluding carboxylic acids is 1. The van der Waals surface area contributed by atoms with Crippen LogP contribution in [0.2, 0.25) is 5.02 Å². The first kappa shape index (κ1) is 23.4. The molecule has 3 heterocycles. The molecule has 2 aliphatic rings. The third kappa shape index (κ3) is 5.03. The molecule has 0 bridgehead atoms. The van der Waals surface area contributed by atoms with Gasteiger partial charge >= 0.3 is 0 Å². The first-order chi connectivity index (χ1) is 16.9. The number of anilines is 3. The largest absolute Gasteiger partial charge is 0.487 e. The molecule has 1 amide bonds. The molecule has 7 nitrogen and oxygen atoms in total. The van der Waals surface area contributed by atoms with Crippen molar-refractivity contribution in [3.05, 3.63) is 70.6 Å². The maximum absolute atomic E-state index is 13.4. The second-order valence-corrected chi connectivity index (χ2v) is 9.57. The summed E-state index contributed by atoms with van der Waals surface area (Å²) in [5, 5.41) is 6.62. The van der Waals surface area contributed by atoms with E-state index in [0.29, 0.717) is 16.7 Å². The van der Waals surface area contributed by atoms with E-state index in [2.05, 4.69) is 20.5 Å². The minimum absolute atomic E-state index is 0.194. The zero-order chi connectivity index (χ0) is 24.4. The van der Waals surface area contributed by atoms with Crippen LogP contribution in [0.5, 0.6) is 5.75 Å². The molecular formula is C26H27ClFN5O2. The first-order valence-electron chi connectivity index (χ1n) is 11.7. The molecule has 2 aromatic carbocycles. The van der Waals surface area contributed by atoms with Crippen LogP contribution in [0.25, 0.3) is 0 Å². The highest BCUT2D eigenvalue weighted by atomic mass is 35.5. The summed E-state index contributed by atoms with van der Waals surface area (Å²) in [5.41, 5.74) is 2.22. The lowest BCUT2D eigenvalue weighted by molar-refractivity contribution is -0.128. The van der Waals surface area contributed by atoms with Crippen molar-refractivity contribution in [3.63, 3.8) is 0 Å². The van der Waals surface area contributed by atoms with Gasteiger partial charge in [0.25, 0.3) is 0 Å². The molecule has 0 aliphatic carbocycles. The van der Waals surface area contributed by atoms with Crippen LogP contribution in [0.3, 0.4) is 0 Å². The predicted octanol–water partition coefficient (Wildman–Crippen LogP) is 5.01. The fourth-order valence-corrected chi connectivity index (χ4v) is 5.00. The van der Waals surface area contributed by atoms with Gasteiger partial charge in [0.05, 0.1) is 10.4 Å². The van der Waals surface area contributed by atoms with Crippen LogP contribution in [0.1, 0.15) is 30.4 Å². The minimum Gasteiger partial charge on any atom is -0.487 e. The molecule has 5 rings (SSSR count). The fourth-order valence-electron chi connectivity index (χ4n) is 4.77. The van der Waals surface area contributed by atoms with Gasteiger partial charge in [0, 0.05) is 37.1 Å². The molecular weight excluding hydrogens is 469 g/mol. The summed E-state index contributed by atoms with van der Waals surface area (Å²) in [6.45, 7) is 4.55. The topological polar surface area (TPSA) is 79.4 Å². The quantitative estimate of drug-likeness (QED) is 0.500. The lowest BCUT2D eigenvalue weighted by atomic mass is 9.77. The minimum atomic E-state index is -0.303. The standard InChI is InChI=1S/C26H27ClFN5O2/c1-17-15-30-25(32-23(17)33-11-8-26(9-12-33)7-10-29-24(26)34)31-20-5-6-22(21(27)14-20)35-16-18-3-2-4-19(28)13-18/h2-6,13-15H,7-12,16H2,1H3,(H,29,34)(H,30,31,32). The molecule has 2 fully saturated rings. The van der Waals surface area contributed by atoms with Crippen molar-refractivity contribution < 1.29 is 13.9 Å². The van der Waals surface area contributed by atoms with Gasteiger partial charge in [-0.25, -0.2) is 9.37 Å². The van der Waals surface area contributed by atoms with Gasteiger partial charge in [-0.1, -0.05) is 23.7 Å². The molecule has 1 aromatic heterocycles. The Morgan fingerprint density at radius 3 is 2.74 bits per heavy atom. The van der Waals surface area contributed by atoms with Gasteiger partial charge in [-0.3, -0.25) is 4.79 Å². The van der Waals surface area contributed by atoms with Crippen molar-refractivity contribution in [2.24, 2.45) is 5.41 Å². The Kier molecular flexibility index (Phi) is 6.47. The van der Waals surface area contributed by atoms with Crippen molar-refractivity contribution in [1.29, 1.82) is 0 Å². The number of hydrogen-bond donors (Lipinski definition) is 2. The van der Waals surface area contributed by atoms with Crippen LogP contribution in [0, 0.1) is 18.2 Å². The lowest BCUT2D eigenvalue weighted by Crippen LogP contribution is -2.44. The summed E-state index contributed by atoms with van der Waals surface area (Å²) in [4.78, 5) is 23.7. The van der Waals surface area contributed by atoms with Crippen LogP contribution in [-0.2, 0) is 11.4 Å².